The van der Waals surface area contributed by atoms with Crippen LogP contribution in [0.3, 0.4) is 0 Å². The van der Waals surface area contributed by atoms with E-state index in [-0.39, 0.29) is 5.91 Å². The molecule has 0 fully saturated rings. The molecule has 0 aliphatic carbocycles. The predicted molar refractivity (Wildman–Crippen MR) is 74.8 cm³/mol. The van der Waals surface area contributed by atoms with Crippen LogP contribution in [0.2, 0.25) is 0 Å². The lowest BCUT2D eigenvalue weighted by molar-refractivity contribution is -0.115. The van der Waals surface area contributed by atoms with Gasteiger partial charge < -0.3 is 5.32 Å². The quantitative estimate of drug-likeness (QED) is 0.759. The summed E-state index contributed by atoms with van der Waals surface area (Å²) in [4.78, 5) is 11.3. The SMILES string of the molecule is CNC(=O)C#CS(C(C)C)(C(C)C)C(C)C. The van der Waals surface area contributed by atoms with Crippen molar-refractivity contribution in [2.24, 2.45) is 0 Å². The summed E-state index contributed by atoms with van der Waals surface area (Å²) in [5.74, 6) is 2.57. The highest BCUT2D eigenvalue weighted by molar-refractivity contribution is 8.38. The van der Waals surface area contributed by atoms with Crippen LogP contribution < -0.4 is 5.32 Å². The van der Waals surface area contributed by atoms with E-state index in [9.17, 15) is 4.79 Å². The second-order valence-electron chi connectivity index (χ2n) is 4.71. The Morgan fingerprint density at radius 3 is 1.62 bits per heavy atom. The Morgan fingerprint density at radius 2 is 1.38 bits per heavy atom. The number of amides is 1. The fraction of sp³-hybridized carbons (Fsp3) is 0.769. The largest absolute Gasteiger partial charge is 0.348 e. The zero-order valence-corrected chi connectivity index (χ0v) is 12.4. The van der Waals surface area contributed by atoms with Crippen molar-refractivity contribution in [3.05, 3.63) is 0 Å². The Bertz CT molecular complexity index is 275. The average molecular weight is 243 g/mol. The van der Waals surface area contributed by atoms with Crippen LogP contribution in [0, 0.1) is 11.2 Å². The van der Waals surface area contributed by atoms with Crippen LogP contribution in [0.5, 0.6) is 0 Å². The number of rotatable bonds is 3. The zero-order valence-electron chi connectivity index (χ0n) is 11.5. The van der Waals surface area contributed by atoms with E-state index < -0.39 is 10.0 Å². The van der Waals surface area contributed by atoms with Gasteiger partial charge in [0.15, 0.2) is 0 Å². The normalized spacial score (nSPS) is 12.6. The molecule has 0 aliphatic heterocycles. The minimum atomic E-state index is -1.07. The van der Waals surface area contributed by atoms with Crippen molar-refractivity contribution in [2.45, 2.75) is 57.3 Å². The van der Waals surface area contributed by atoms with Crippen molar-refractivity contribution < 1.29 is 4.79 Å². The molecular formula is C13H25NOS. The molecule has 1 amide bonds. The molecular weight excluding hydrogens is 218 g/mol. The van der Waals surface area contributed by atoms with Gasteiger partial charge in [-0.2, -0.15) is 10.0 Å². The molecule has 0 aliphatic rings. The van der Waals surface area contributed by atoms with Gasteiger partial charge in [-0.25, -0.2) is 0 Å². The molecule has 0 aromatic carbocycles. The lowest BCUT2D eigenvalue weighted by atomic mass is 10.5. The molecule has 94 valence electrons. The monoisotopic (exact) mass is 243 g/mol. The topological polar surface area (TPSA) is 29.1 Å². The molecule has 0 saturated heterocycles. The molecule has 0 aromatic heterocycles. The lowest BCUT2D eigenvalue weighted by Gasteiger charge is -2.46. The summed E-state index contributed by atoms with van der Waals surface area (Å²) in [7, 11) is 0.546. The van der Waals surface area contributed by atoms with Gasteiger partial charge in [0.1, 0.15) is 0 Å². The zero-order chi connectivity index (χ0) is 12.9. The van der Waals surface area contributed by atoms with E-state index >= 15 is 0 Å². The van der Waals surface area contributed by atoms with Gasteiger partial charge in [0, 0.05) is 13.0 Å². The first-order valence-electron chi connectivity index (χ1n) is 5.83. The van der Waals surface area contributed by atoms with E-state index in [0.29, 0.717) is 15.7 Å². The van der Waals surface area contributed by atoms with Crippen LogP contribution >= 0.6 is 10.0 Å². The summed E-state index contributed by atoms with van der Waals surface area (Å²) in [6.45, 7) is 13.3. The van der Waals surface area contributed by atoms with Crippen molar-refractivity contribution in [1.82, 2.24) is 5.32 Å². The minimum Gasteiger partial charge on any atom is -0.348 e. The van der Waals surface area contributed by atoms with Crippen molar-refractivity contribution >= 4 is 15.9 Å². The summed E-state index contributed by atoms with van der Waals surface area (Å²) < 4.78 is 0. The second-order valence-corrected chi connectivity index (χ2v) is 9.27. The molecule has 3 heteroatoms. The van der Waals surface area contributed by atoms with Crippen molar-refractivity contribution in [1.29, 1.82) is 0 Å². The molecule has 0 spiro atoms. The first kappa shape index (κ1) is 15.4. The highest BCUT2D eigenvalue weighted by atomic mass is 32.3. The molecule has 2 nitrogen and oxygen atoms in total. The molecule has 0 heterocycles. The number of nitrogens with one attached hydrogen (secondary N) is 1. The molecule has 0 radical (unpaired) electrons. The maximum absolute atomic E-state index is 11.3. The molecule has 0 bridgehead atoms. The van der Waals surface area contributed by atoms with E-state index in [1.54, 1.807) is 7.05 Å². The number of hydrogen-bond acceptors (Lipinski definition) is 1. The minimum absolute atomic E-state index is 0.182. The van der Waals surface area contributed by atoms with Crippen LogP contribution in [0.25, 0.3) is 0 Å². The molecule has 0 rings (SSSR count). The molecule has 0 saturated carbocycles. The number of carbonyl (C=O) groups excluding carboxylic acids is 1. The Kier molecular flexibility index (Phi) is 5.96. The van der Waals surface area contributed by atoms with E-state index in [4.69, 9.17) is 0 Å². The van der Waals surface area contributed by atoms with Gasteiger partial charge in [-0.3, -0.25) is 4.79 Å². The molecule has 16 heavy (non-hydrogen) atoms. The molecule has 0 atom stereocenters. The fourth-order valence-corrected chi connectivity index (χ4v) is 6.43. The van der Waals surface area contributed by atoms with E-state index in [1.807, 2.05) is 0 Å². The van der Waals surface area contributed by atoms with E-state index in [2.05, 4.69) is 58.0 Å². The van der Waals surface area contributed by atoms with Crippen molar-refractivity contribution in [3.63, 3.8) is 0 Å². The second kappa shape index (κ2) is 6.20. The smallest absolute Gasteiger partial charge is 0.296 e. The Labute approximate surface area is 102 Å². The Balaban J connectivity index is 5.35. The third-order valence-corrected chi connectivity index (χ3v) is 8.04. The van der Waals surface area contributed by atoms with E-state index in [1.165, 1.54) is 0 Å². The van der Waals surface area contributed by atoms with Crippen LogP contribution in [-0.2, 0) is 4.79 Å². The Morgan fingerprint density at radius 1 is 1.00 bits per heavy atom. The fourth-order valence-electron chi connectivity index (χ4n) is 2.18. The van der Waals surface area contributed by atoms with Gasteiger partial charge in [-0.15, -0.1) is 0 Å². The molecule has 0 aromatic rings. The van der Waals surface area contributed by atoms with Crippen LogP contribution in [-0.4, -0.2) is 28.7 Å². The van der Waals surface area contributed by atoms with Gasteiger partial charge in [-0.1, -0.05) is 41.5 Å². The van der Waals surface area contributed by atoms with Gasteiger partial charge >= 0.3 is 0 Å². The lowest BCUT2D eigenvalue weighted by Crippen LogP contribution is -2.27. The van der Waals surface area contributed by atoms with Crippen LogP contribution in [0.1, 0.15) is 41.5 Å². The predicted octanol–water partition coefficient (Wildman–Crippen LogP) is 2.72. The third-order valence-electron chi connectivity index (χ3n) is 2.91. The molecule has 0 unspecified atom stereocenters. The van der Waals surface area contributed by atoms with Crippen LogP contribution in [0.4, 0.5) is 0 Å². The van der Waals surface area contributed by atoms with E-state index in [0.717, 1.165) is 0 Å². The highest BCUT2D eigenvalue weighted by Gasteiger charge is 2.33. The summed E-state index contributed by atoms with van der Waals surface area (Å²) >= 11 is 0. The number of carbonyl (C=O) groups is 1. The van der Waals surface area contributed by atoms with Crippen molar-refractivity contribution in [2.75, 3.05) is 7.05 Å². The first-order valence-corrected chi connectivity index (χ1v) is 7.65. The maximum Gasteiger partial charge on any atom is 0.296 e. The Hall–Kier alpha value is -0.620. The van der Waals surface area contributed by atoms with Gasteiger partial charge in [0.2, 0.25) is 0 Å². The van der Waals surface area contributed by atoms with Gasteiger partial charge in [-0.05, 0) is 21.0 Å². The number of hydrogen-bond donors (Lipinski definition) is 1. The van der Waals surface area contributed by atoms with Crippen molar-refractivity contribution in [3.8, 4) is 11.2 Å². The summed E-state index contributed by atoms with van der Waals surface area (Å²) in [6.07, 6.45) is 0. The average Bonchev–Trinajstić information content (AvgIpc) is 2.16. The van der Waals surface area contributed by atoms with Gasteiger partial charge in [0.05, 0.1) is 0 Å². The summed E-state index contributed by atoms with van der Waals surface area (Å²) in [5.41, 5.74) is 0. The first-order chi connectivity index (χ1) is 7.28. The highest BCUT2D eigenvalue weighted by Crippen LogP contribution is 2.59. The third kappa shape index (κ3) is 3.18. The summed E-state index contributed by atoms with van der Waals surface area (Å²) in [6, 6.07) is 0. The molecule has 1 N–H and O–H groups in total. The van der Waals surface area contributed by atoms with Gasteiger partial charge in [0.25, 0.3) is 5.91 Å². The summed E-state index contributed by atoms with van der Waals surface area (Å²) in [5, 5.41) is 7.41. The standard InChI is InChI=1S/C13H25NOS/c1-10(2)16(11(3)4,12(5)6)9-8-13(15)14-7/h10-12H,1-7H3,(H,14,15). The van der Waals surface area contributed by atoms with Crippen LogP contribution in [0.15, 0.2) is 0 Å². The maximum atomic E-state index is 11.3.